The van der Waals surface area contributed by atoms with Crippen molar-refractivity contribution in [1.82, 2.24) is 14.7 Å². The van der Waals surface area contributed by atoms with Crippen LogP contribution in [-0.4, -0.2) is 76.4 Å². The predicted octanol–water partition coefficient (Wildman–Crippen LogP) is 2.84. The molecule has 1 aliphatic heterocycles. The number of hydrogen-bond donors (Lipinski definition) is 2. The molecule has 2 aromatic rings. The Morgan fingerprint density at radius 1 is 1.03 bits per heavy atom. The normalized spacial score (nSPS) is 20.4. The highest BCUT2D eigenvalue weighted by Crippen LogP contribution is 2.34. The van der Waals surface area contributed by atoms with Gasteiger partial charge in [-0.15, -0.1) is 0 Å². The van der Waals surface area contributed by atoms with Crippen molar-refractivity contribution in [1.29, 1.82) is 0 Å². The number of benzene rings is 2. The third-order valence-corrected chi connectivity index (χ3v) is 6.56. The topological polar surface area (TPSA) is 90.1 Å². The van der Waals surface area contributed by atoms with Crippen LogP contribution in [0.2, 0.25) is 0 Å². The zero-order valence-electron chi connectivity index (χ0n) is 20.1. The van der Waals surface area contributed by atoms with Crippen LogP contribution in [0.5, 0.6) is 5.75 Å². The number of nitrogens with zero attached hydrogens (tertiary/aromatic N) is 3. The highest BCUT2D eigenvalue weighted by molar-refractivity contribution is 5.94. The molecule has 1 saturated heterocycles. The van der Waals surface area contributed by atoms with Crippen molar-refractivity contribution in [2.45, 2.75) is 45.8 Å². The van der Waals surface area contributed by atoms with E-state index in [4.69, 9.17) is 5.73 Å². The van der Waals surface area contributed by atoms with Crippen LogP contribution >= 0.6 is 0 Å². The number of nitrogens with two attached hydrogens (primary N) is 1. The van der Waals surface area contributed by atoms with E-state index in [-0.39, 0.29) is 42.2 Å². The number of phenolic OH excluding ortho intramolecular Hbond substituents is 1. The van der Waals surface area contributed by atoms with Crippen LogP contribution < -0.4 is 5.73 Å². The molecule has 178 valence electrons. The number of phenols is 1. The van der Waals surface area contributed by atoms with Crippen molar-refractivity contribution >= 4 is 11.8 Å². The van der Waals surface area contributed by atoms with Gasteiger partial charge in [-0.3, -0.25) is 19.4 Å². The first kappa shape index (κ1) is 24.7. The molecule has 2 aromatic carbocycles. The van der Waals surface area contributed by atoms with Gasteiger partial charge in [-0.2, -0.15) is 0 Å². The second-order valence-electron chi connectivity index (χ2n) is 8.89. The Bertz CT molecular complexity index is 958. The predicted molar refractivity (Wildman–Crippen MR) is 130 cm³/mol. The van der Waals surface area contributed by atoms with Crippen LogP contribution in [0.25, 0.3) is 0 Å². The van der Waals surface area contributed by atoms with Crippen LogP contribution in [0.4, 0.5) is 0 Å². The van der Waals surface area contributed by atoms with Crippen LogP contribution in [0.3, 0.4) is 0 Å². The van der Waals surface area contributed by atoms with E-state index in [0.717, 1.165) is 24.2 Å². The van der Waals surface area contributed by atoms with Gasteiger partial charge in [0.15, 0.2) is 0 Å². The monoisotopic (exact) mass is 452 g/mol. The second-order valence-corrected chi connectivity index (χ2v) is 8.89. The van der Waals surface area contributed by atoms with Crippen molar-refractivity contribution in [3.8, 4) is 5.75 Å². The molecule has 3 rings (SSSR count). The number of carbonyl (C=O) groups excluding carboxylic acids is 2. The lowest BCUT2D eigenvalue weighted by atomic mass is 9.92. The summed E-state index contributed by atoms with van der Waals surface area (Å²) < 4.78 is 0. The number of primary amides is 1. The summed E-state index contributed by atoms with van der Waals surface area (Å²) in [6.07, 6.45) is 0. The lowest BCUT2D eigenvalue weighted by Crippen LogP contribution is -2.58. The Kier molecular flexibility index (Phi) is 8.10. The Labute approximate surface area is 196 Å². The van der Waals surface area contributed by atoms with E-state index in [1.54, 1.807) is 12.1 Å². The maximum atomic E-state index is 12.8. The molecule has 3 atom stereocenters. The van der Waals surface area contributed by atoms with Gasteiger partial charge >= 0.3 is 0 Å². The lowest BCUT2D eigenvalue weighted by molar-refractivity contribution is -0.120. The summed E-state index contributed by atoms with van der Waals surface area (Å²) in [7, 11) is 0. The van der Waals surface area contributed by atoms with Gasteiger partial charge < -0.3 is 15.7 Å². The average molecular weight is 453 g/mol. The zero-order valence-corrected chi connectivity index (χ0v) is 20.1. The molecule has 0 radical (unpaired) electrons. The van der Waals surface area contributed by atoms with Crippen molar-refractivity contribution in [2.75, 3.05) is 32.7 Å². The zero-order chi connectivity index (χ0) is 24.1. The molecule has 0 aliphatic carbocycles. The highest BCUT2D eigenvalue weighted by atomic mass is 16.3. The van der Waals surface area contributed by atoms with Crippen LogP contribution in [0.15, 0.2) is 48.5 Å². The molecule has 0 spiro atoms. The molecule has 1 fully saturated rings. The first-order valence-electron chi connectivity index (χ1n) is 11.7. The average Bonchev–Trinajstić information content (AvgIpc) is 2.78. The summed E-state index contributed by atoms with van der Waals surface area (Å²) in [5.74, 6) is -0.0677. The SMILES string of the molecule is CCN(CC)C(=O)c1ccc([C@H](c2cccc(O)c2)N2C[C@@H](C)N(CC(N)=O)C[C@@H]2C)cc1. The minimum absolute atomic E-state index is 0.0301. The van der Waals surface area contributed by atoms with E-state index in [9.17, 15) is 14.7 Å². The number of aromatic hydroxyl groups is 1. The Morgan fingerprint density at radius 3 is 2.27 bits per heavy atom. The first-order valence-corrected chi connectivity index (χ1v) is 11.7. The molecule has 7 heteroatoms. The van der Waals surface area contributed by atoms with E-state index < -0.39 is 0 Å². The van der Waals surface area contributed by atoms with Gasteiger partial charge in [0, 0.05) is 43.8 Å². The molecule has 33 heavy (non-hydrogen) atoms. The van der Waals surface area contributed by atoms with Crippen molar-refractivity contribution < 1.29 is 14.7 Å². The Hall–Kier alpha value is -2.90. The molecule has 1 aliphatic rings. The third kappa shape index (κ3) is 5.72. The molecule has 0 unspecified atom stereocenters. The molecule has 0 aromatic heterocycles. The van der Waals surface area contributed by atoms with Gasteiger partial charge in [0.25, 0.3) is 5.91 Å². The van der Waals surface area contributed by atoms with E-state index in [0.29, 0.717) is 18.7 Å². The summed E-state index contributed by atoms with van der Waals surface area (Å²) in [6, 6.07) is 15.4. The summed E-state index contributed by atoms with van der Waals surface area (Å²) in [4.78, 5) is 30.6. The maximum absolute atomic E-state index is 12.8. The summed E-state index contributed by atoms with van der Waals surface area (Å²) >= 11 is 0. The molecule has 1 heterocycles. The van der Waals surface area contributed by atoms with Gasteiger partial charge in [-0.05, 0) is 63.1 Å². The van der Waals surface area contributed by atoms with Gasteiger partial charge in [-0.25, -0.2) is 0 Å². The van der Waals surface area contributed by atoms with E-state index in [1.165, 1.54) is 0 Å². The molecule has 0 saturated carbocycles. The smallest absolute Gasteiger partial charge is 0.253 e. The van der Waals surface area contributed by atoms with Gasteiger partial charge in [-0.1, -0.05) is 24.3 Å². The fourth-order valence-corrected chi connectivity index (χ4v) is 4.78. The van der Waals surface area contributed by atoms with Gasteiger partial charge in [0.05, 0.1) is 12.6 Å². The van der Waals surface area contributed by atoms with Crippen LogP contribution in [0, 0.1) is 0 Å². The van der Waals surface area contributed by atoms with Crippen LogP contribution in [0.1, 0.15) is 55.2 Å². The minimum atomic E-state index is -0.319. The molecule has 2 amide bonds. The Balaban J connectivity index is 1.95. The molecule has 3 N–H and O–H groups in total. The fourth-order valence-electron chi connectivity index (χ4n) is 4.78. The standard InChI is InChI=1S/C26H36N4O3/c1-5-28(6-2)26(33)21-12-10-20(11-13-21)25(22-8-7-9-23(31)14-22)30-16-18(3)29(15-19(30)4)17-24(27)32/h7-14,18-19,25,31H,5-6,15-17H2,1-4H3,(H2,27,32)/t18-,19+,25-/m1/s1. The van der Waals surface area contributed by atoms with Crippen molar-refractivity contribution in [3.63, 3.8) is 0 Å². The van der Waals surface area contributed by atoms with E-state index >= 15 is 0 Å². The number of amides is 2. The number of hydrogen-bond acceptors (Lipinski definition) is 5. The Morgan fingerprint density at radius 2 is 1.70 bits per heavy atom. The second kappa shape index (κ2) is 10.8. The molecular formula is C26H36N4O3. The molecular weight excluding hydrogens is 416 g/mol. The number of rotatable bonds is 8. The van der Waals surface area contributed by atoms with E-state index in [2.05, 4.69) is 23.6 Å². The first-order chi connectivity index (χ1) is 15.7. The van der Waals surface area contributed by atoms with Gasteiger partial charge in [0.1, 0.15) is 5.75 Å². The quantitative estimate of drug-likeness (QED) is 0.643. The number of carbonyl (C=O) groups is 2. The van der Waals surface area contributed by atoms with Crippen molar-refractivity contribution in [3.05, 3.63) is 65.2 Å². The summed E-state index contributed by atoms with van der Waals surface area (Å²) in [5, 5.41) is 10.2. The van der Waals surface area contributed by atoms with Gasteiger partial charge in [0.2, 0.25) is 5.91 Å². The molecule has 0 bridgehead atoms. The highest BCUT2D eigenvalue weighted by Gasteiger charge is 2.35. The van der Waals surface area contributed by atoms with Crippen LogP contribution in [-0.2, 0) is 4.79 Å². The third-order valence-electron chi connectivity index (χ3n) is 6.56. The minimum Gasteiger partial charge on any atom is -0.508 e. The largest absolute Gasteiger partial charge is 0.508 e. The van der Waals surface area contributed by atoms with Crippen molar-refractivity contribution in [2.24, 2.45) is 5.73 Å². The summed E-state index contributed by atoms with van der Waals surface area (Å²) in [6.45, 7) is 11.3. The lowest BCUT2D eigenvalue weighted by Gasteiger charge is -2.47. The number of piperazine rings is 1. The summed E-state index contributed by atoms with van der Waals surface area (Å²) in [5.41, 5.74) is 8.16. The fraction of sp³-hybridized carbons (Fsp3) is 0.462. The van der Waals surface area contributed by atoms with E-state index in [1.807, 2.05) is 55.1 Å². The maximum Gasteiger partial charge on any atom is 0.253 e. The molecule has 7 nitrogen and oxygen atoms in total.